The van der Waals surface area contributed by atoms with Crippen molar-refractivity contribution in [3.8, 4) is 11.5 Å². The Morgan fingerprint density at radius 2 is 1.81 bits per heavy atom. The smallest absolute Gasteiger partial charge is 0.311 e. The second-order valence-electron chi connectivity index (χ2n) is 4.41. The summed E-state index contributed by atoms with van der Waals surface area (Å²) >= 11 is 6.80. The highest BCUT2D eigenvalue weighted by Crippen LogP contribution is 2.36. The molecule has 2 rings (SSSR count). The van der Waals surface area contributed by atoms with Crippen LogP contribution in [0.2, 0.25) is 0 Å². The van der Waals surface area contributed by atoms with E-state index in [0.29, 0.717) is 5.75 Å². The van der Waals surface area contributed by atoms with Gasteiger partial charge in [0.25, 0.3) is 0 Å². The number of alkyl halides is 1. The summed E-state index contributed by atoms with van der Waals surface area (Å²) < 4.78 is 6.45. The number of hydrogen-bond acceptors (Lipinski definition) is 3. The van der Waals surface area contributed by atoms with Crippen molar-refractivity contribution in [3.05, 3.63) is 62.1 Å². The van der Waals surface area contributed by atoms with E-state index in [1.807, 2.05) is 25.1 Å². The molecular formula is C15H13Br2NO3. The van der Waals surface area contributed by atoms with E-state index >= 15 is 0 Å². The molecule has 0 radical (unpaired) electrons. The summed E-state index contributed by atoms with van der Waals surface area (Å²) in [4.78, 5) is 10.8. The molecule has 0 heterocycles. The van der Waals surface area contributed by atoms with Crippen LogP contribution in [0.3, 0.4) is 0 Å². The summed E-state index contributed by atoms with van der Waals surface area (Å²) in [5.41, 5.74) is 1.97. The average Bonchev–Trinajstić information content (AvgIpc) is 2.49. The van der Waals surface area contributed by atoms with Gasteiger partial charge in [-0.15, -0.1) is 0 Å². The Labute approximate surface area is 139 Å². The number of halogens is 2. The van der Waals surface area contributed by atoms with Crippen LogP contribution < -0.4 is 4.74 Å². The summed E-state index contributed by atoms with van der Waals surface area (Å²) in [7, 11) is 0. The van der Waals surface area contributed by atoms with E-state index in [1.165, 1.54) is 0 Å². The van der Waals surface area contributed by atoms with E-state index in [2.05, 4.69) is 31.9 Å². The summed E-state index contributed by atoms with van der Waals surface area (Å²) in [6.07, 6.45) is 0.741. The van der Waals surface area contributed by atoms with Gasteiger partial charge in [0.1, 0.15) is 5.75 Å². The van der Waals surface area contributed by atoms with E-state index in [4.69, 9.17) is 4.74 Å². The number of hydrogen-bond donors (Lipinski definition) is 0. The van der Waals surface area contributed by atoms with Crippen molar-refractivity contribution in [1.29, 1.82) is 0 Å². The normalized spacial score (nSPS) is 10.4. The number of ether oxygens (including phenoxy) is 1. The minimum Gasteiger partial charge on any atom is -0.449 e. The predicted molar refractivity (Wildman–Crippen MR) is 89.3 cm³/mol. The Hall–Kier alpha value is -1.40. The lowest BCUT2D eigenvalue weighted by Gasteiger charge is -2.10. The van der Waals surface area contributed by atoms with Gasteiger partial charge in [0.05, 0.1) is 9.40 Å². The zero-order chi connectivity index (χ0) is 15.4. The molecule has 21 heavy (non-hydrogen) atoms. The van der Waals surface area contributed by atoms with Crippen molar-refractivity contribution in [2.45, 2.75) is 18.7 Å². The molecule has 0 N–H and O–H groups in total. The topological polar surface area (TPSA) is 52.4 Å². The van der Waals surface area contributed by atoms with Gasteiger partial charge in [-0.2, -0.15) is 0 Å². The molecule has 0 atom stereocenters. The largest absolute Gasteiger partial charge is 0.449 e. The van der Waals surface area contributed by atoms with Gasteiger partial charge < -0.3 is 4.74 Å². The number of benzene rings is 2. The standard InChI is InChI=1S/C15H13Br2NO3/c1-2-10-3-6-15(13(8-10)18(19)20)21-14-5-4-11(9-16)7-12(14)17/h3-8H,2,9H2,1H3. The molecule has 0 bridgehead atoms. The van der Waals surface area contributed by atoms with Gasteiger partial charge in [-0.1, -0.05) is 35.0 Å². The fourth-order valence-corrected chi connectivity index (χ4v) is 2.70. The van der Waals surface area contributed by atoms with Crippen molar-refractivity contribution in [2.24, 2.45) is 0 Å². The van der Waals surface area contributed by atoms with Gasteiger partial charge in [0.2, 0.25) is 5.75 Å². The Morgan fingerprint density at radius 3 is 2.38 bits per heavy atom. The van der Waals surface area contributed by atoms with Crippen LogP contribution in [0.4, 0.5) is 5.69 Å². The highest BCUT2D eigenvalue weighted by atomic mass is 79.9. The monoisotopic (exact) mass is 413 g/mol. The fourth-order valence-electron chi connectivity index (χ4n) is 1.84. The second kappa shape index (κ2) is 7.04. The average molecular weight is 415 g/mol. The van der Waals surface area contributed by atoms with Crippen molar-refractivity contribution < 1.29 is 9.66 Å². The fraction of sp³-hybridized carbons (Fsp3) is 0.200. The third-order valence-electron chi connectivity index (χ3n) is 3.00. The molecular weight excluding hydrogens is 402 g/mol. The minimum absolute atomic E-state index is 0.0224. The van der Waals surface area contributed by atoms with Crippen molar-refractivity contribution >= 4 is 37.5 Å². The molecule has 0 spiro atoms. The van der Waals surface area contributed by atoms with Gasteiger partial charge >= 0.3 is 5.69 Å². The van der Waals surface area contributed by atoms with Crippen LogP contribution in [0.5, 0.6) is 11.5 Å². The molecule has 0 unspecified atom stereocenters. The van der Waals surface area contributed by atoms with E-state index in [1.54, 1.807) is 18.2 Å². The first-order valence-electron chi connectivity index (χ1n) is 6.34. The maximum atomic E-state index is 11.2. The van der Waals surface area contributed by atoms with Crippen molar-refractivity contribution in [3.63, 3.8) is 0 Å². The zero-order valence-electron chi connectivity index (χ0n) is 11.3. The van der Waals surface area contributed by atoms with Gasteiger partial charge in [0.15, 0.2) is 0 Å². The van der Waals surface area contributed by atoms with E-state index in [-0.39, 0.29) is 11.4 Å². The van der Waals surface area contributed by atoms with E-state index < -0.39 is 4.92 Å². The van der Waals surface area contributed by atoms with Gasteiger partial charge in [-0.05, 0) is 51.7 Å². The van der Waals surface area contributed by atoms with Gasteiger partial charge in [-0.25, -0.2) is 0 Å². The van der Waals surface area contributed by atoms with E-state index in [0.717, 1.165) is 27.4 Å². The van der Waals surface area contributed by atoms with Crippen molar-refractivity contribution in [1.82, 2.24) is 0 Å². The molecule has 4 nitrogen and oxygen atoms in total. The number of aryl methyl sites for hydroxylation is 1. The summed E-state index contributed by atoms with van der Waals surface area (Å²) in [6, 6.07) is 10.6. The van der Waals surface area contributed by atoms with Crippen LogP contribution in [0.25, 0.3) is 0 Å². The van der Waals surface area contributed by atoms with Crippen LogP contribution in [-0.4, -0.2) is 4.92 Å². The van der Waals surface area contributed by atoms with E-state index in [9.17, 15) is 10.1 Å². The molecule has 0 aromatic heterocycles. The minimum atomic E-state index is -0.421. The first-order chi connectivity index (χ1) is 10.0. The van der Waals surface area contributed by atoms with Crippen LogP contribution in [0.15, 0.2) is 40.9 Å². The lowest BCUT2D eigenvalue weighted by atomic mass is 10.1. The highest BCUT2D eigenvalue weighted by Gasteiger charge is 2.17. The maximum Gasteiger partial charge on any atom is 0.311 e. The Kier molecular flexibility index (Phi) is 5.36. The van der Waals surface area contributed by atoms with Gasteiger partial charge in [0, 0.05) is 11.4 Å². The molecule has 6 heteroatoms. The SMILES string of the molecule is CCc1ccc(Oc2ccc(CBr)cc2Br)c([N+](=O)[O-])c1. The molecule has 110 valence electrons. The third kappa shape index (κ3) is 3.83. The maximum absolute atomic E-state index is 11.2. The lowest BCUT2D eigenvalue weighted by Crippen LogP contribution is -1.95. The van der Waals surface area contributed by atoms with Crippen LogP contribution in [-0.2, 0) is 11.8 Å². The second-order valence-corrected chi connectivity index (χ2v) is 5.83. The zero-order valence-corrected chi connectivity index (χ0v) is 14.5. The first-order valence-corrected chi connectivity index (χ1v) is 8.26. The lowest BCUT2D eigenvalue weighted by molar-refractivity contribution is -0.385. The van der Waals surface area contributed by atoms with Crippen molar-refractivity contribution in [2.75, 3.05) is 0 Å². The van der Waals surface area contributed by atoms with Crippen LogP contribution in [0, 0.1) is 10.1 Å². The Morgan fingerprint density at radius 1 is 1.14 bits per heavy atom. The molecule has 0 aliphatic heterocycles. The quantitative estimate of drug-likeness (QED) is 0.363. The summed E-state index contributed by atoms with van der Waals surface area (Å²) in [5, 5.41) is 11.9. The highest BCUT2D eigenvalue weighted by molar-refractivity contribution is 9.10. The molecule has 0 fully saturated rings. The number of nitro benzene ring substituents is 1. The molecule has 2 aromatic carbocycles. The van der Waals surface area contributed by atoms with Crippen LogP contribution in [0.1, 0.15) is 18.1 Å². The molecule has 0 aliphatic rings. The summed E-state index contributed by atoms with van der Waals surface area (Å²) in [6.45, 7) is 1.95. The molecule has 0 saturated heterocycles. The molecule has 2 aromatic rings. The summed E-state index contributed by atoms with van der Waals surface area (Å²) in [5.74, 6) is 0.788. The third-order valence-corrected chi connectivity index (χ3v) is 4.27. The Balaban J connectivity index is 2.37. The van der Waals surface area contributed by atoms with Crippen LogP contribution >= 0.6 is 31.9 Å². The number of nitrogens with zero attached hydrogens (tertiary/aromatic N) is 1. The first kappa shape index (κ1) is 16.0. The molecule has 0 saturated carbocycles. The molecule has 0 amide bonds. The predicted octanol–water partition coefficient (Wildman–Crippen LogP) is 5.61. The Bertz CT molecular complexity index is 674. The van der Waals surface area contributed by atoms with Gasteiger partial charge in [-0.3, -0.25) is 10.1 Å². The number of nitro groups is 1. The number of rotatable bonds is 5. The molecule has 0 aliphatic carbocycles.